The van der Waals surface area contributed by atoms with Crippen molar-refractivity contribution < 1.29 is 19.1 Å². The molecule has 0 aliphatic carbocycles. The first-order chi connectivity index (χ1) is 16.4. The van der Waals surface area contributed by atoms with Crippen LogP contribution in [0.25, 0.3) is 21.7 Å². The normalized spacial score (nSPS) is 11.9. The SMILES string of the molecule is N/C=C\C=C(/N)Oc1ccc2c(C(=O)COc3cc4ccc(Cl)cc4cc3C(N)=O)c[nH]c2c1. The van der Waals surface area contributed by atoms with Gasteiger partial charge in [0.25, 0.3) is 5.91 Å². The van der Waals surface area contributed by atoms with Crippen LogP contribution in [0.3, 0.4) is 0 Å². The third kappa shape index (κ3) is 4.82. The number of halogens is 1. The van der Waals surface area contributed by atoms with Crippen molar-refractivity contribution in [2.45, 2.75) is 0 Å². The number of carbonyl (C=O) groups excluding carboxylic acids is 2. The number of rotatable bonds is 8. The van der Waals surface area contributed by atoms with Crippen molar-refractivity contribution in [1.29, 1.82) is 0 Å². The number of Topliss-reactive ketones (excluding diaryl/α,β-unsaturated/α-hetero) is 1. The first kappa shape index (κ1) is 22.8. The van der Waals surface area contributed by atoms with Crippen LogP contribution < -0.4 is 26.7 Å². The zero-order valence-corrected chi connectivity index (χ0v) is 18.6. The molecule has 3 aromatic carbocycles. The number of nitrogens with two attached hydrogens (primary N) is 3. The standard InChI is InChI=1S/C25H21ClN4O4/c26-16-4-3-14-10-23(19(25(29)32)9-15(14)8-16)33-13-22(31)20-12-30-21-11-17(5-6-18(20)21)34-24(28)2-1-7-27/h1-12,30H,13,27-28H2,(H2,29,32)/b7-1-,24-2+. The second kappa shape index (κ2) is 9.60. The fourth-order valence-corrected chi connectivity index (χ4v) is 3.68. The fourth-order valence-electron chi connectivity index (χ4n) is 3.50. The Bertz CT molecular complexity index is 1470. The number of primary amides is 1. The van der Waals surface area contributed by atoms with E-state index in [0.29, 0.717) is 27.2 Å². The molecular weight excluding hydrogens is 456 g/mol. The Morgan fingerprint density at radius 3 is 2.59 bits per heavy atom. The highest BCUT2D eigenvalue weighted by Crippen LogP contribution is 2.29. The molecule has 1 heterocycles. The Balaban J connectivity index is 1.54. The molecule has 0 radical (unpaired) electrons. The van der Waals surface area contributed by atoms with Gasteiger partial charge in [-0.15, -0.1) is 0 Å². The van der Waals surface area contributed by atoms with Gasteiger partial charge in [0.2, 0.25) is 5.78 Å². The van der Waals surface area contributed by atoms with E-state index in [0.717, 1.165) is 10.8 Å². The number of hydrogen-bond acceptors (Lipinski definition) is 6. The Kier molecular flexibility index (Phi) is 6.42. The van der Waals surface area contributed by atoms with Gasteiger partial charge in [0, 0.05) is 33.8 Å². The number of ketones is 1. The van der Waals surface area contributed by atoms with Crippen molar-refractivity contribution in [3.05, 3.63) is 95.1 Å². The first-order valence-electron chi connectivity index (χ1n) is 10.2. The Morgan fingerprint density at radius 1 is 1.00 bits per heavy atom. The molecule has 1 aromatic heterocycles. The lowest BCUT2D eigenvalue weighted by Gasteiger charge is -2.11. The molecule has 0 fully saturated rings. The molecule has 9 heteroatoms. The Labute approximate surface area is 199 Å². The van der Waals surface area contributed by atoms with E-state index >= 15 is 0 Å². The third-order valence-electron chi connectivity index (χ3n) is 5.09. The molecule has 0 bridgehead atoms. The summed E-state index contributed by atoms with van der Waals surface area (Å²) in [4.78, 5) is 27.9. The van der Waals surface area contributed by atoms with E-state index in [1.54, 1.807) is 60.8 Å². The highest BCUT2D eigenvalue weighted by atomic mass is 35.5. The minimum Gasteiger partial charge on any atom is -0.485 e. The molecule has 0 spiro atoms. The van der Waals surface area contributed by atoms with Gasteiger partial charge in [-0.2, -0.15) is 0 Å². The van der Waals surface area contributed by atoms with Gasteiger partial charge in [0.15, 0.2) is 12.5 Å². The number of ether oxygens (including phenoxy) is 2. The van der Waals surface area contributed by atoms with Crippen molar-refractivity contribution in [2.24, 2.45) is 17.2 Å². The maximum atomic E-state index is 12.9. The maximum Gasteiger partial charge on any atom is 0.252 e. The van der Waals surface area contributed by atoms with Gasteiger partial charge in [0.1, 0.15) is 11.5 Å². The summed E-state index contributed by atoms with van der Waals surface area (Å²) in [7, 11) is 0. The lowest BCUT2D eigenvalue weighted by atomic mass is 10.1. The van der Waals surface area contributed by atoms with Crippen LogP contribution in [0.5, 0.6) is 11.5 Å². The topological polar surface area (TPSA) is 146 Å². The number of aromatic nitrogens is 1. The summed E-state index contributed by atoms with van der Waals surface area (Å²) in [6.07, 6.45) is 6.00. The van der Waals surface area contributed by atoms with E-state index in [-0.39, 0.29) is 29.6 Å². The van der Waals surface area contributed by atoms with Crippen LogP contribution in [0.2, 0.25) is 5.02 Å². The summed E-state index contributed by atoms with van der Waals surface area (Å²) in [5.41, 5.74) is 17.9. The third-order valence-corrected chi connectivity index (χ3v) is 5.32. The molecule has 7 N–H and O–H groups in total. The maximum absolute atomic E-state index is 12.9. The van der Waals surface area contributed by atoms with Crippen LogP contribution in [-0.4, -0.2) is 23.3 Å². The number of H-pyrrole nitrogens is 1. The lowest BCUT2D eigenvalue weighted by molar-refractivity contribution is 0.0914. The summed E-state index contributed by atoms with van der Waals surface area (Å²) < 4.78 is 11.3. The second-order valence-electron chi connectivity index (χ2n) is 7.38. The van der Waals surface area contributed by atoms with Crippen LogP contribution in [0, 0.1) is 0 Å². The minimum absolute atomic E-state index is 0.165. The number of amides is 1. The first-order valence-corrected chi connectivity index (χ1v) is 10.6. The van der Waals surface area contributed by atoms with Gasteiger partial charge >= 0.3 is 0 Å². The summed E-state index contributed by atoms with van der Waals surface area (Å²) in [5.74, 6) is -0.0652. The fraction of sp³-hybridized carbons (Fsp3) is 0.0400. The molecule has 172 valence electrons. The molecule has 4 rings (SSSR count). The molecular formula is C25H21ClN4O4. The van der Waals surface area contributed by atoms with E-state index in [1.807, 2.05) is 0 Å². The smallest absolute Gasteiger partial charge is 0.252 e. The molecule has 1 amide bonds. The van der Waals surface area contributed by atoms with Crippen molar-refractivity contribution in [3.63, 3.8) is 0 Å². The molecule has 34 heavy (non-hydrogen) atoms. The zero-order chi connectivity index (χ0) is 24.2. The summed E-state index contributed by atoms with van der Waals surface area (Å²) in [5, 5.41) is 2.76. The van der Waals surface area contributed by atoms with E-state index < -0.39 is 5.91 Å². The average Bonchev–Trinajstić information content (AvgIpc) is 3.24. The zero-order valence-electron chi connectivity index (χ0n) is 17.9. The minimum atomic E-state index is -0.667. The molecule has 0 atom stereocenters. The van der Waals surface area contributed by atoms with Gasteiger partial charge in [-0.05, 0) is 65.5 Å². The highest BCUT2D eigenvalue weighted by molar-refractivity contribution is 6.31. The summed E-state index contributed by atoms with van der Waals surface area (Å²) in [6, 6.07) is 13.7. The Hall–Kier alpha value is -4.43. The van der Waals surface area contributed by atoms with Gasteiger partial charge in [-0.1, -0.05) is 17.7 Å². The van der Waals surface area contributed by atoms with Gasteiger partial charge < -0.3 is 31.7 Å². The molecule has 4 aromatic rings. The molecule has 0 saturated carbocycles. The summed E-state index contributed by atoms with van der Waals surface area (Å²) in [6.45, 7) is -0.286. The summed E-state index contributed by atoms with van der Waals surface area (Å²) >= 11 is 6.03. The van der Waals surface area contributed by atoms with Gasteiger partial charge in [-0.3, -0.25) is 9.59 Å². The number of hydrogen-bond donors (Lipinski definition) is 4. The molecule has 0 aliphatic heterocycles. The quantitative estimate of drug-likeness (QED) is 0.172. The number of nitrogens with one attached hydrogen (secondary N) is 1. The lowest BCUT2D eigenvalue weighted by Crippen LogP contribution is -2.16. The van der Waals surface area contributed by atoms with Crippen LogP contribution in [0.1, 0.15) is 20.7 Å². The van der Waals surface area contributed by atoms with Crippen LogP contribution in [0.4, 0.5) is 0 Å². The number of allylic oxidation sites excluding steroid dienone is 2. The van der Waals surface area contributed by atoms with Crippen molar-refractivity contribution in [1.82, 2.24) is 4.98 Å². The van der Waals surface area contributed by atoms with E-state index in [2.05, 4.69) is 4.98 Å². The van der Waals surface area contributed by atoms with Gasteiger partial charge in [0.05, 0.1) is 5.56 Å². The second-order valence-corrected chi connectivity index (χ2v) is 7.82. The Morgan fingerprint density at radius 2 is 1.82 bits per heavy atom. The van der Waals surface area contributed by atoms with Crippen LogP contribution in [0.15, 0.2) is 79.0 Å². The van der Waals surface area contributed by atoms with E-state index in [9.17, 15) is 9.59 Å². The predicted molar refractivity (Wildman–Crippen MR) is 132 cm³/mol. The molecule has 0 saturated heterocycles. The monoisotopic (exact) mass is 476 g/mol. The van der Waals surface area contributed by atoms with Crippen LogP contribution in [-0.2, 0) is 0 Å². The van der Waals surface area contributed by atoms with E-state index in [1.165, 1.54) is 12.3 Å². The average molecular weight is 477 g/mol. The predicted octanol–water partition coefficient (Wildman–Crippen LogP) is 3.99. The number of aromatic amines is 1. The number of carbonyl (C=O) groups is 2. The van der Waals surface area contributed by atoms with Crippen LogP contribution >= 0.6 is 11.6 Å². The van der Waals surface area contributed by atoms with E-state index in [4.69, 9.17) is 38.3 Å². The molecule has 8 nitrogen and oxygen atoms in total. The van der Waals surface area contributed by atoms with Gasteiger partial charge in [-0.25, -0.2) is 0 Å². The largest absolute Gasteiger partial charge is 0.485 e. The van der Waals surface area contributed by atoms with Crippen molar-refractivity contribution in [2.75, 3.05) is 6.61 Å². The molecule has 0 aliphatic rings. The molecule has 0 unspecified atom stereocenters. The van der Waals surface area contributed by atoms with Crippen molar-refractivity contribution >= 4 is 45.0 Å². The van der Waals surface area contributed by atoms with Crippen molar-refractivity contribution in [3.8, 4) is 11.5 Å². The number of fused-ring (bicyclic) bond motifs is 2. The number of benzene rings is 3. The highest BCUT2D eigenvalue weighted by Gasteiger charge is 2.17.